The summed E-state index contributed by atoms with van der Waals surface area (Å²) in [4.78, 5) is 1.45. The summed E-state index contributed by atoms with van der Waals surface area (Å²) < 4.78 is 0. The monoisotopic (exact) mass is 221 g/mol. The van der Waals surface area contributed by atoms with E-state index < -0.39 is 0 Å². The molecule has 0 aromatic heterocycles. The van der Waals surface area contributed by atoms with E-state index >= 15 is 0 Å². The topological polar surface area (TPSA) is 26.0 Å². The SMILES string of the molecule is NCCc1ccccc1SC1CCCC1. The third kappa shape index (κ3) is 2.99. The number of nitrogens with two attached hydrogens (primary N) is 1. The molecule has 0 unspecified atom stereocenters. The van der Waals surface area contributed by atoms with E-state index in [0.717, 1.165) is 18.2 Å². The van der Waals surface area contributed by atoms with Crippen LogP contribution in [-0.4, -0.2) is 11.8 Å². The van der Waals surface area contributed by atoms with E-state index in [1.54, 1.807) is 0 Å². The van der Waals surface area contributed by atoms with Gasteiger partial charge in [0.05, 0.1) is 0 Å². The van der Waals surface area contributed by atoms with Crippen LogP contribution in [0.1, 0.15) is 31.2 Å². The van der Waals surface area contributed by atoms with Crippen LogP contribution in [0.3, 0.4) is 0 Å². The Kier molecular flexibility index (Phi) is 4.09. The first-order chi connectivity index (χ1) is 7.40. The zero-order valence-electron chi connectivity index (χ0n) is 9.11. The Labute approximate surface area is 96.4 Å². The van der Waals surface area contributed by atoms with Crippen molar-refractivity contribution in [2.45, 2.75) is 42.2 Å². The minimum absolute atomic E-state index is 0.752. The van der Waals surface area contributed by atoms with Gasteiger partial charge in [-0.15, -0.1) is 11.8 Å². The number of thioether (sulfide) groups is 1. The second kappa shape index (κ2) is 5.57. The third-order valence-corrected chi connectivity index (χ3v) is 4.44. The van der Waals surface area contributed by atoms with Crippen LogP contribution < -0.4 is 5.73 Å². The Morgan fingerprint density at radius 2 is 1.93 bits per heavy atom. The molecule has 0 saturated heterocycles. The number of hydrogen-bond donors (Lipinski definition) is 1. The van der Waals surface area contributed by atoms with Crippen LogP contribution in [0, 0.1) is 0 Å². The molecular weight excluding hydrogens is 202 g/mol. The number of benzene rings is 1. The normalized spacial score (nSPS) is 17.1. The number of rotatable bonds is 4. The van der Waals surface area contributed by atoms with Gasteiger partial charge < -0.3 is 5.73 Å². The van der Waals surface area contributed by atoms with Gasteiger partial charge in [-0.25, -0.2) is 0 Å². The third-order valence-electron chi connectivity index (χ3n) is 2.98. The van der Waals surface area contributed by atoms with E-state index in [2.05, 4.69) is 36.0 Å². The second-order valence-electron chi connectivity index (χ2n) is 4.17. The molecular formula is C13H19NS. The van der Waals surface area contributed by atoms with Crippen molar-refractivity contribution in [3.8, 4) is 0 Å². The van der Waals surface area contributed by atoms with E-state index in [1.165, 1.54) is 36.1 Å². The largest absolute Gasteiger partial charge is 0.330 e. The first-order valence-electron chi connectivity index (χ1n) is 5.85. The molecule has 1 aliphatic rings. The van der Waals surface area contributed by atoms with E-state index in [1.807, 2.05) is 0 Å². The van der Waals surface area contributed by atoms with Crippen molar-refractivity contribution in [2.24, 2.45) is 5.73 Å². The molecule has 0 aliphatic heterocycles. The van der Waals surface area contributed by atoms with Gasteiger partial charge in [-0.05, 0) is 37.4 Å². The van der Waals surface area contributed by atoms with Crippen LogP contribution in [0.15, 0.2) is 29.2 Å². The van der Waals surface area contributed by atoms with Gasteiger partial charge >= 0.3 is 0 Å². The van der Waals surface area contributed by atoms with Crippen LogP contribution in [0.25, 0.3) is 0 Å². The van der Waals surface area contributed by atoms with Crippen molar-refractivity contribution in [3.05, 3.63) is 29.8 Å². The first kappa shape index (κ1) is 11.0. The van der Waals surface area contributed by atoms with Crippen molar-refractivity contribution in [1.29, 1.82) is 0 Å². The fourth-order valence-electron chi connectivity index (χ4n) is 2.17. The molecule has 1 nitrogen and oxygen atoms in total. The minimum atomic E-state index is 0.752. The molecule has 2 N–H and O–H groups in total. The lowest BCUT2D eigenvalue weighted by atomic mass is 10.1. The average Bonchev–Trinajstić information content (AvgIpc) is 2.74. The summed E-state index contributed by atoms with van der Waals surface area (Å²) in [6.45, 7) is 0.752. The smallest absolute Gasteiger partial charge is 0.0107 e. The highest BCUT2D eigenvalue weighted by Gasteiger charge is 2.17. The van der Waals surface area contributed by atoms with Gasteiger partial charge in [0, 0.05) is 10.1 Å². The van der Waals surface area contributed by atoms with Crippen molar-refractivity contribution in [3.63, 3.8) is 0 Å². The second-order valence-corrected chi connectivity index (χ2v) is 5.51. The van der Waals surface area contributed by atoms with Gasteiger partial charge in [0.2, 0.25) is 0 Å². The minimum Gasteiger partial charge on any atom is -0.330 e. The molecule has 15 heavy (non-hydrogen) atoms. The fourth-order valence-corrected chi connectivity index (χ4v) is 3.57. The standard InChI is InChI=1S/C13H19NS/c14-10-9-11-5-1-4-8-13(11)15-12-6-2-3-7-12/h1,4-5,8,12H,2-3,6-7,9-10,14H2. The maximum absolute atomic E-state index is 5.63. The molecule has 1 saturated carbocycles. The number of hydrogen-bond acceptors (Lipinski definition) is 2. The van der Waals surface area contributed by atoms with Crippen molar-refractivity contribution in [2.75, 3.05) is 6.54 Å². The summed E-state index contributed by atoms with van der Waals surface area (Å²) in [5.41, 5.74) is 7.06. The van der Waals surface area contributed by atoms with Crippen LogP contribution in [0.2, 0.25) is 0 Å². The van der Waals surface area contributed by atoms with E-state index in [0.29, 0.717) is 0 Å². The lowest BCUT2D eigenvalue weighted by molar-refractivity contribution is 0.886. The molecule has 0 atom stereocenters. The summed E-state index contributed by atoms with van der Waals surface area (Å²) >= 11 is 2.06. The van der Waals surface area contributed by atoms with Crippen molar-refractivity contribution in [1.82, 2.24) is 0 Å². The molecule has 1 aliphatic carbocycles. The Hall–Kier alpha value is -0.470. The molecule has 0 amide bonds. The Bertz CT molecular complexity index is 305. The molecule has 0 spiro atoms. The first-order valence-corrected chi connectivity index (χ1v) is 6.73. The highest BCUT2D eigenvalue weighted by molar-refractivity contribution is 8.00. The van der Waals surface area contributed by atoms with Gasteiger partial charge in [-0.2, -0.15) is 0 Å². The molecule has 1 aromatic rings. The quantitative estimate of drug-likeness (QED) is 0.845. The molecule has 1 fully saturated rings. The Morgan fingerprint density at radius 1 is 1.20 bits per heavy atom. The lowest BCUT2D eigenvalue weighted by Crippen LogP contribution is -2.04. The summed E-state index contributed by atoms with van der Waals surface area (Å²) in [5, 5.41) is 0.851. The van der Waals surface area contributed by atoms with Gasteiger partial charge in [-0.1, -0.05) is 31.0 Å². The highest BCUT2D eigenvalue weighted by Crippen LogP contribution is 2.36. The van der Waals surface area contributed by atoms with E-state index in [9.17, 15) is 0 Å². The van der Waals surface area contributed by atoms with Crippen LogP contribution >= 0.6 is 11.8 Å². The summed E-state index contributed by atoms with van der Waals surface area (Å²) in [5.74, 6) is 0. The van der Waals surface area contributed by atoms with Gasteiger partial charge in [-0.3, -0.25) is 0 Å². The molecule has 1 aromatic carbocycles. The van der Waals surface area contributed by atoms with Crippen LogP contribution in [-0.2, 0) is 6.42 Å². The maximum Gasteiger partial charge on any atom is 0.0107 e. The van der Waals surface area contributed by atoms with Crippen molar-refractivity contribution >= 4 is 11.8 Å². The summed E-state index contributed by atoms with van der Waals surface area (Å²) in [6, 6.07) is 8.71. The summed E-state index contributed by atoms with van der Waals surface area (Å²) in [6.07, 6.45) is 6.62. The van der Waals surface area contributed by atoms with E-state index in [4.69, 9.17) is 5.73 Å². The summed E-state index contributed by atoms with van der Waals surface area (Å²) in [7, 11) is 0. The molecule has 0 heterocycles. The molecule has 2 heteroatoms. The molecule has 82 valence electrons. The van der Waals surface area contributed by atoms with Crippen molar-refractivity contribution < 1.29 is 0 Å². The zero-order valence-corrected chi connectivity index (χ0v) is 9.93. The van der Waals surface area contributed by atoms with Crippen LogP contribution in [0.4, 0.5) is 0 Å². The predicted molar refractivity (Wildman–Crippen MR) is 67.3 cm³/mol. The fraction of sp³-hybridized carbons (Fsp3) is 0.538. The zero-order chi connectivity index (χ0) is 10.5. The Morgan fingerprint density at radius 3 is 2.67 bits per heavy atom. The average molecular weight is 221 g/mol. The van der Waals surface area contributed by atoms with E-state index in [-0.39, 0.29) is 0 Å². The lowest BCUT2D eigenvalue weighted by Gasteiger charge is -2.12. The predicted octanol–water partition coefficient (Wildman–Crippen LogP) is 3.22. The van der Waals surface area contributed by atoms with Gasteiger partial charge in [0.1, 0.15) is 0 Å². The van der Waals surface area contributed by atoms with Gasteiger partial charge in [0.25, 0.3) is 0 Å². The molecule has 0 radical (unpaired) electrons. The Balaban J connectivity index is 2.05. The molecule has 2 rings (SSSR count). The molecule has 0 bridgehead atoms. The maximum atomic E-state index is 5.63. The van der Waals surface area contributed by atoms with Crippen LogP contribution in [0.5, 0.6) is 0 Å². The highest BCUT2D eigenvalue weighted by atomic mass is 32.2. The van der Waals surface area contributed by atoms with Gasteiger partial charge in [0.15, 0.2) is 0 Å².